The molecule has 0 saturated carbocycles. The van der Waals surface area contributed by atoms with Gasteiger partial charge in [-0.15, -0.1) is 0 Å². The van der Waals surface area contributed by atoms with Gasteiger partial charge in [-0.25, -0.2) is 8.78 Å². The molecule has 0 aliphatic carbocycles. The van der Waals surface area contributed by atoms with Gasteiger partial charge in [-0.3, -0.25) is 0 Å². The number of nitrogens with two attached hydrogens (primary N) is 1. The lowest BCUT2D eigenvalue weighted by Gasteiger charge is -2.16. The SMILES string of the molecule is N[C@@H](CO)[C@@H](O)c1ccc(F)c(F)c1. The van der Waals surface area contributed by atoms with E-state index in [9.17, 15) is 13.9 Å². The van der Waals surface area contributed by atoms with E-state index in [0.717, 1.165) is 12.1 Å². The second-order valence-electron chi connectivity index (χ2n) is 2.96. The number of halogens is 2. The molecule has 4 N–H and O–H groups in total. The second kappa shape index (κ2) is 4.45. The molecule has 5 heteroatoms. The molecule has 3 nitrogen and oxygen atoms in total. The highest BCUT2D eigenvalue weighted by Gasteiger charge is 2.17. The predicted octanol–water partition coefficient (Wildman–Crippen LogP) is 0.318. The zero-order valence-corrected chi connectivity index (χ0v) is 7.32. The van der Waals surface area contributed by atoms with Crippen molar-refractivity contribution in [1.29, 1.82) is 0 Å². The standard InChI is InChI=1S/C9H11F2NO2/c10-6-2-1-5(3-7(6)11)9(14)8(12)4-13/h1-3,8-9,13-14H,4,12H2/t8-,9-/m0/s1. The Balaban J connectivity index is 2.91. The molecule has 1 aromatic carbocycles. The Morgan fingerprint density at radius 1 is 1.29 bits per heavy atom. The number of hydrogen-bond acceptors (Lipinski definition) is 3. The van der Waals surface area contributed by atoms with Gasteiger partial charge in [-0.2, -0.15) is 0 Å². The Morgan fingerprint density at radius 3 is 2.43 bits per heavy atom. The van der Waals surface area contributed by atoms with Crippen LogP contribution < -0.4 is 5.73 Å². The van der Waals surface area contributed by atoms with Gasteiger partial charge in [-0.05, 0) is 17.7 Å². The lowest BCUT2D eigenvalue weighted by molar-refractivity contribution is 0.109. The van der Waals surface area contributed by atoms with Crippen molar-refractivity contribution in [3.63, 3.8) is 0 Å². The van der Waals surface area contributed by atoms with Crippen LogP contribution in [0.3, 0.4) is 0 Å². The summed E-state index contributed by atoms with van der Waals surface area (Å²) in [7, 11) is 0. The summed E-state index contributed by atoms with van der Waals surface area (Å²) in [5.41, 5.74) is 5.46. The highest BCUT2D eigenvalue weighted by atomic mass is 19.2. The van der Waals surface area contributed by atoms with Crippen LogP contribution in [0.15, 0.2) is 18.2 Å². The number of rotatable bonds is 3. The molecule has 0 aliphatic rings. The van der Waals surface area contributed by atoms with Crippen molar-refractivity contribution < 1.29 is 19.0 Å². The summed E-state index contributed by atoms with van der Waals surface area (Å²) < 4.78 is 25.2. The van der Waals surface area contributed by atoms with Crippen molar-refractivity contribution >= 4 is 0 Å². The third kappa shape index (κ3) is 2.25. The maximum absolute atomic E-state index is 12.7. The molecule has 0 fully saturated rings. The first-order valence-electron chi connectivity index (χ1n) is 4.05. The molecule has 0 radical (unpaired) electrons. The fraction of sp³-hybridized carbons (Fsp3) is 0.333. The normalized spacial score (nSPS) is 15.2. The maximum atomic E-state index is 12.7. The van der Waals surface area contributed by atoms with Crippen molar-refractivity contribution in [2.45, 2.75) is 12.1 Å². The Morgan fingerprint density at radius 2 is 1.93 bits per heavy atom. The Bertz CT molecular complexity index is 320. The molecule has 0 aromatic heterocycles. The number of aliphatic hydroxyl groups excluding tert-OH is 2. The molecule has 0 aliphatic heterocycles. The van der Waals surface area contributed by atoms with Crippen LogP contribution in [0.5, 0.6) is 0 Å². The fourth-order valence-corrected chi connectivity index (χ4v) is 1.04. The number of aliphatic hydroxyl groups is 2. The van der Waals surface area contributed by atoms with Gasteiger partial charge in [0.15, 0.2) is 11.6 Å². The second-order valence-corrected chi connectivity index (χ2v) is 2.96. The third-order valence-electron chi connectivity index (χ3n) is 1.90. The van der Waals surface area contributed by atoms with Crippen LogP contribution in [0, 0.1) is 11.6 Å². The first kappa shape index (κ1) is 11.0. The van der Waals surface area contributed by atoms with Crippen LogP contribution in [-0.4, -0.2) is 22.9 Å². The summed E-state index contributed by atoms with van der Waals surface area (Å²) in [5, 5.41) is 18.1. The topological polar surface area (TPSA) is 66.5 Å². The lowest BCUT2D eigenvalue weighted by Crippen LogP contribution is -2.31. The molecule has 14 heavy (non-hydrogen) atoms. The Labute approximate surface area is 79.8 Å². The fourth-order valence-electron chi connectivity index (χ4n) is 1.04. The molecule has 0 spiro atoms. The van der Waals surface area contributed by atoms with Crippen molar-refractivity contribution in [3.8, 4) is 0 Å². The van der Waals surface area contributed by atoms with Gasteiger partial charge in [0.2, 0.25) is 0 Å². The number of hydrogen-bond donors (Lipinski definition) is 3. The average Bonchev–Trinajstić information content (AvgIpc) is 2.20. The Kier molecular flexibility index (Phi) is 3.51. The van der Waals surface area contributed by atoms with Crippen LogP contribution in [0.4, 0.5) is 8.78 Å². The van der Waals surface area contributed by atoms with Crippen LogP contribution in [0.2, 0.25) is 0 Å². The third-order valence-corrected chi connectivity index (χ3v) is 1.90. The minimum atomic E-state index is -1.20. The first-order valence-corrected chi connectivity index (χ1v) is 4.05. The van der Waals surface area contributed by atoms with E-state index < -0.39 is 30.4 Å². The van der Waals surface area contributed by atoms with Gasteiger partial charge in [0.1, 0.15) is 0 Å². The van der Waals surface area contributed by atoms with Gasteiger partial charge >= 0.3 is 0 Å². The van der Waals surface area contributed by atoms with Crippen molar-refractivity contribution in [1.82, 2.24) is 0 Å². The molecular weight excluding hydrogens is 192 g/mol. The predicted molar refractivity (Wildman–Crippen MR) is 46.4 cm³/mol. The van der Waals surface area contributed by atoms with Gasteiger partial charge in [0, 0.05) is 0 Å². The summed E-state index contributed by atoms with van der Waals surface area (Å²) in [6.45, 7) is -0.430. The zero-order valence-electron chi connectivity index (χ0n) is 7.32. The van der Waals surface area contributed by atoms with Gasteiger partial charge in [0.25, 0.3) is 0 Å². The molecule has 0 saturated heterocycles. The molecule has 0 heterocycles. The highest BCUT2D eigenvalue weighted by molar-refractivity contribution is 5.21. The van der Waals surface area contributed by atoms with E-state index in [4.69, 9.17) is 10.8 Å². The molecule has 0 amide bonds. The molecule has 1 rings (SSSR count). The van der Waals surface area contributed by atoms with Crippen LogP contribution in [-0.2, 0) is 0 Å². The molecule has 0 bridgehead atoms. The van der Waals surface area contributed by atoms with E-state index in [1.807, 2.05) is 0 Å². The van der Waals surface area contributed by atoms with Crippen molar-refractivity contribution in [2.24, 2.45) is 5.73 Å². The Hall–Kier alpha value is -1.04. The maximum Gasteiger partial charge on any atom is 0.159 e. The molecule has 2 atom stereocenters. The summed E-state index contributed by atoms with van der Waals surface area (Å²) in [6.07, 6.45) is -1.20. The smallest absolute Gasteiger partial charge is 0.159 e. The minimum absolute atomic E-state index is 0.144. The quantitative estimate of drug-likeness (QED) is 0.662. The zero-order chi connectivity index (χ0) is 10.7. The highest BCUT2D eigenvalue weighted by Crippen LogP contribution is 2.18. The van der Waals surface area contributed by atoms with E-state index in [0.29, 0.717) is 0 Å². The van der Waals surface area contributed by atoms with Crippen molar-refractivity contribution in [2.75, 3.05) is 6.61 Å². The minimum Gasteiger partial charge on any atom is -0.395 e. The number of benzene rings is 1. The van der Waals surface area contributed by atoms with E-state index in [1.165, 1.54) is 6.07 Å². The summed E-state index contributed by atoms with van der Waals surface area (Å²) >= 11 is 0. The van der Waals surface area contributed by atoms with Crippen LogP contribution >= 0.6 is 0 Å². The van der Waals surface area contributed by atoms with E-state index in [1.54, 1.807) is 0 Å². The van der Waals surface area contributed by atoms with Crippen molar-refractivity contribution in [3.05, 3.63) is 35.4 Å². The van der Waals surface area contributed by atoms with Crippen LogP contribution in [0.1, 0.15) is 11.7 Å². The van der Waals surface area contributed by atoms with Gasteiger partial charge < -0.3 is 15.9 Å². The monoisotopic (exact) mass is 203 g/mol. The molecular formula is C9H11F2NO2. The van der Waals surface area contributed by atoms with Gasteiger partial charge in [0.05, 0.1) is 18.8 Å². The van der Waals surface area contributed by atoms with E-state index in [2.05, 4.69) is 0 Å². The molecule has 78 valence electrons. The lowest BCUT2D eigenvalue weighted by atomic mass is 10.0. The summed E-state index contributed by atoms with van der Waals surface area (Å²) in [4.78, 5) is 0. The van der Waals surface area contributed by atoms with E-state index >= 15 is 0 Å². The largest absolute Gasteiger partial charge is 0.395 e. The molecule has 0 unspecified atom stereocenters. The summed E-state index contributed by atoms with van der Waals surface area (Å²) in [6, 6.07) is 2.08. The van der Waals surface area contributed by atoms with Crippen LogP contribution in [0.25, 0.3) is 0 Å². The first-order chi connectivity index (χ1) is 6.56. The van der Waals surface area contributed by atoms with Gasteiger partial charge in [-0.1, -0.05) is 6.07 Å². The average molecular weight is 203 g/mol. The van der Waals surface area contributed by atoms with E-state index in [-0.39, 0.29) is 5.56 Å². The summed E-state index contributed by atoms with van der Waals surface area (Å²) in [5.74, 6) is -2.04. The molecule has 1 aromatic rings.